The van der Waals surface area contributed by atoms with Crippen LogP contribution in [0.5, 0.6) is 11.5 Å². The molecule has 11 nitrogen and oxygen atoms in total. The number of aromatic nitrogens is 1. The molecule has 33 heavy (non-hydrogen) atoms. The third kappa shape index (κ3) is 5.13. The second-order valence-corrected chi connectivity index (χ2v) is 7.76. The van der Waals surface area contributed by atoms with Crippen molar-refractivity contribution in [3.63, 3.8) is 0 Å². The lowest BCUT2D eigenvalue weighted by Gasteiger charge is -2.32. The number of carbonyl (C=O) groups is 2. The molecular weight excluding hydrogens is 432 g/mol. The highest BCUT2D eigenvalue weighted by molar-refractivity contribution is 5.99. The number of carbonyl (C=O) groups excluding carboxylic acids is 2. The zero-order valence-electron chi connectivity index (χ0n) is 18.7. The Hall–Kier alpha value is -3.89. The first-order valence-corrected chi connectivity index (χ1v) is 10.4. The molecule has 0 aliphatic carbocycles. The number of benzene rings is 1. The fraction of sp³-hybridized carbons (Fsp3) is 0.409. The van der Waals surface area contributed by atoms with E-state index in [1.165, 1.54) is 30.9 Å². The van der Waals surface area contributed by atoms with E-state index in [1.807, 2.05) is 0 Å². The number of rotatable bonds is 7. The number of pyridine rings is 1. The minimum atomic E-state index is -0.644. The van der Waals surface area contributed by atoms with Crippen molar-refractivity contribution in [1.29, 1.82) is 0 Å². The SMILES string of the molecule is COc1cc(C(=O)NCC2CCN(C(=O)c3cccn(C)c3=O)CC2)c([N+](=O)[O-])cc1OC. The van der Waals surface area contributed by atoms with Crippen molar-refractivity contribution >= 4 is 17.5 Å². The van der Waals surface area contributed by atoms with E-state index in [2.05, 4.69) is 5.32 Å². The van der Waals surface area contributed by atoms with E-state index in [9.17, 15) is 24.5 Å². The first kappa shape index (κ1) is 23.8. The summed E-state index contributed by atoms with van der Waals surface area (Å²) in [4.78, 5) is 50.0. The zero-order chi connectivity index (χ0) is 24.1. The van der Waals surface area contributed by atoms with E-state index in [1.54, 1.807) is 24.2 Å². The Morgan fingerprint density at radius 3 is 2.39 bits per heavy atom. The standard InChI is InChI=1S/C22H26N4O7/c1-24-8-4-5-15(21(24)28)22(29)25-9-6-14(7-10-25)13-23-20(27)16-11-18(32-2)19(33-3)12-17(16)26(30)31/h4-5,8,11-12,14H,6-7,9-10,13H2,1-3H3,(H,23,27). The predicted molar refractivity (Wildman–Crippen MR) is 119 cm³/mol. The monoisotopic (exact) mass is 458 g/mol. The van der Waals surface area contributed by atoms with Gasteiger partial charge < -0.3 is 24.3 Å². The molecule has 0 unspecified atom stereocenters. The molecule has 1 aromatic heterocycles. The fourth-order valence-corrected chi connectivity index (χ4v) is 3.80. The number of methoxy groups -OCH3 is 2. The van der Waals surface area contributed by atoms with Gasteiger partial charge in [-0.05, 0) is 30.9 Å². The largest absolute Gasteiger partial charge is 0.493 e. The van der Waals surface area contributed by atoms with E-state index >= 15 is 0 Å². The molecule has 2 heterocycles. The second-order valence-electron chi connectivity index (χ2n) is 7.76. The summed E-state index contributed by atoms with van der Waals surface area (Å²) in [5.74, 6) is -0.428. The lowest BCUT2D eigenvalue weighted by atomic mass is 9.96. The van der Waals surface area contributed by atoms with Crippen LogP contribution in [0.3, 0.4) is 0 Å². The van der Waals surface area contributed by atoms with Crippen LogP contribution in [-0.4, -0.2) is 60.1 Å². The molecule has 1 saturated heterocycles. The summed E-state index contributed by atoms with van der Waals surface area (Å²) in [7, 11) is 4.33. The van der Waals surface area contributed by atoms with E-state index in [-0.39, 0.29) is 45.7 Å². The third-order valence-corrected chi connectivity index (χ3v) is 5.75. The van der Waals surface area contributed by atoms with Gasteiger partial charge in [-0.3, -0.25) is 24.5 Å². The van der Waals surface area contributed by atoms with Crippen molar-refractivity contribution in [2.24, 2.45) is 13.0 Å². The van der Waals surface area contributed by atoms with Crippen LogP contribution >= 0.6 is 0 Å². The molecule has 176 valence electrons. The minimum absolute atomic E-state index is 0.0933. The molecule has 1 aliphatic rings. The highest BCUT2D eigenvalue weighted by atomic mass is 16.6. The molecule has 1 aromatic carbocycles. The molecule has 3 rings (SSSR count). The van der Waals surface area contributed by atoms with Crippen LogP contribution in [0, 0.1) is 16.0 Å². The fourth-order valence-electron chi connectivity index (χ4n) is 3.80. The van der Waals surface area contributed by atoms with E-state index < -0.39 is 10.8 Å². The zero-order valence-corrected chi connectivity index (χ0v) is 18.7. The minimum Gasteiger partial charge on any atom is -0.493 e. The third-order valence-electron chi connectivity index (χ3n) is 5.75. The van der Waals surface area contributed by atoms with Crippen LogP contribution in [0.25, 0.3) is 0 Å². The lowest BCUT2D eigenvalue weighted by Crippen LogP contribution is -2.43. The number of amides is 2. The summed E-state index contributed by atoms with van der Waals surface area (Å²) in [5.41, 5.74) is -0.707. The number of nitro benzene ring substituents is 1. The molecule has 1 fully saturated rings. The van der Waals surface area contributed by atoms with E-state index in [0.29, 0.717) is 32.5 Å². The molecule has 0 spiro atoms. The highest BCUT2D eigenvalue weighted by Crippen LogP contribution is 2.34. The van der Waals surface area contributed by atoms with Gasteiger partial charge in [0.15, 0.2) is 11.5 Å². The molecule has 1 N–H and O–H groups in total. The van der Waals surface area contributed by atoms with Gasteiger partial charge in [0.25, 0.3) is 23.1 Å². The van der Waals surface area contributed by atoms with Gasteiger partial charge in [0.05, 0.1) is 25.2 Å². The van der Waals surface area contributed by atoms with Gasteiger partial charge in [-0.15, -0.1) is 0 Å². The number of hydrogen-bond acceptors (Lipinski definition) is 7. The maximum Gasteiger partial charge on any atom is 0.286 e. The number of nitrogens with zero attached hydrogens (tertiary/aromatic N) is 3. The first-order chi connectivity index (χ1) is 15.8. The second kappa shape index (κ2) is 10.2. The smallest absolute Gasteiger partial charge is 0.286 e. The average Bonchev–Trinajstić information content (AvgIpc) is 2.83. The number of hydrogen-bond donors (Lipinski definition) is 1. The number of nitro groups is 1. The summed E-state index contributed by atoms with van der Waals surface area (Å²) in [5, 5.41) is 14.2. The maximum atomic E-state index is 12.7. The van der Waals surface area contributed by atoms with Gasteiger partial charge in [0, 0.05) is 38.9 Å². The topological polar surface area (TPSA) is 133 Å². The molecule has 0 bridgehead atoms. The van der Waals surface area contributed by atoms with Gasteiger partial charge in [0.1, 0.15) is 11.1 Å². The van der Waals surface area contributed by atoms with Gasteiger partial charge in [-0.1, -0.05) is 0 Å². The van der Waals surface area contributed by atoms with Crippen molar-refractivity contribution in [2.45, 2.75) is 12.8 Å². The Morgan fingerprint density at radius 1 is 1.15 bits per heavy atom. The van der Waals surface area contributed by atoms with Crippen LogP contribution in [0.15, 0.2) is 35.3 Å². The average molecular weight is 458 g/mol. The van der Waals surface area contributed by atoms with E-state index in [4.69, 9.17) is 9.47 Å². The number of piperidine rings is 1. The van der Waals surface area contributed by atoms with Crippen molar-refractivity contribution in [3.8, 4) is 11.5 Å². The Kier molecular flexibility index (Phi) is 7.31. The van der Waals surface area contributed by atoms with E-state index in [0.717, 1.165) is 6.07 Å². The van der Waals surface area contributed by atoms with Crippen molar-refractivity contribution in [2.75, 3.05) is 33.9 Å². The quantitative estimate of drug-likeness (QED) is 0.492. The van der Waals surface area contributed by atoms with Crippen molar-refractivity contribution < 1.29 is 24.0 Å². The van der Waals surface area contributed by atoms with Crippen LogP contribution in [0.2, 0.25) is 0 Å². The normalized spacial score (nSPS) is 14.0. The number of aryl methyl sites for hydroxylation is 1. The van der Waals surface area contributed by atoms with Gasteiger partial charge in [-0.2, -0.15) is 0 Å². The molecule has 1 aliphatic heterocycles. The molecule has 0 atom stereocenters. The number of likely N-dealkylation sites (tertiary alicyclic amines) is 1. The summed E-state index contributed by atoms with van der Waals surface area (Å²) in [6.45, 7) is 1.21. The highest BCUT2D eigenvalue weighted by Gasteiger charge is 2.28. The number of ether oxygens (including phenoxy) is 2. The van der Waals surface area contributed by atoms with Crippen LogP contribution in [0.1, 0.15) is 33.6 Å². The molecule has 11 heteroatoms. The molecule has 0 radical (unpaired) electrons. The van der Waals surface area contributed by atoms with Gasteiger partial charge >= 0.3 is 0 Å². The molecule has 2 amide bonds. The maximum absolute atomic E-state index is 12.7. The molecular formula is C22H26N4O7. The van der Waals surface area contributed by atoms with Crippen LogP contribution < -0.4 is 20.3 Å². The summed E-state index contributed by atoms with van der Waals surface area (Å²) < 4.78 is 11.6. The predicted octanol–water partition coefficient (Wildman–Crippen LogP) is 1.59. The van der Waals surface area contributed by atoms with Crippen LogP contribution in [-0.2, 0) is 7.05 Å². The summed E-state index contributed by atoms with van der Waals surface area (Å²) in [6, 6.07) is 5.62. The molecule has 2 aromatic rings. The van der Waals surface area contributed by atoms with Gasteiger partial charge in [-0.25, -0.2) is 0 Å². The Balaban J connectivity index is 1.61. The van der Waals surface area contributed by atoms with Gasteiger partial charge in [0.2, 0.25) is 0 Å². The molecule has 0 saturated carbocycles. The Morgan fingerprint density at radius 2 is 1.79 bits per heavy atom. The van der Waals surface area contributed by atoms with Crippen molar-refractivity contribution in [3.05, 3.63) is 62.1 Å². The summed E-state index contributed by atoms with van der Waals surface area (Å²) in [6.07, 6.45) is 2.86. The lowest BCUT2D eigenvalue weighted by molar-refractivity contribution is -0.385. The first-order valence-electron chi connectivity index (χ1n) is 10.4. The van der Waals surface area contributed by atoms with Crippen LogP contribution in [0.4, 0.5) is 5.69 Å². The summed E-state index contributed by atoms with van der Waals surface area (Å²) >= 11 is 0. The Labute approximate surface area is 190 Å². The number of nitrogens with one attached hydrogen (secondary N) is 1. The van der Waals surface area contributed by atoms with Crippen molar-refractivity contribution in [1.82, 2.24) is 14.8 Å². The Bertz CT molecular complexity index is 1120.